The lowest BCUT2D eigenvalue weighted by Crippen LogP contribution is -2.50. The number of carbonyl (C=O) groups is 2. The summed E-state index contributed by atoms with van der Waals surface area (Å²) in [5, 5.41) is 3.67. The molecule has 0 fully saturated rings. The first-order valence-corrected chi connectivity index (χ1v) is 10.9. The average Bonchev–Trinajstić information content (AvgIpc) is 2.76. The summed E-state index contributed by atoms with van der Waals surface area (Å²) in [6, 6.07) is 11.6. The maximum absolute atomic E-state index is 13.2. The second kappa shape index (κ2) is 12.4. The summed E-state index contributed by atoms with van der Waals surface area (Å²) in [5.74, 6) is 0.513. The van der Waals surface area contributed by atoms with Gasteiger partial charge >= 0.3 is 0 Å². The van der Waals surface area contributed by atoms with Crippen LogP contribution in [0.15, 0.2) is 42.5 Å². The van der Waals surface area contributed by atoms with Crippen molar-refractivity contribution in [2.24, 2.45) is 0 Å². The van der Waals surface area contributed by atoms with Crippen LogP contribution in [-0.4, -0.2) is 43.0 Å². The zero-order chi connectivity index (χ0) is 22.8. The second-order valence-corrected chi connectivity index (χ2v) is 7.80. The van der Waals surface area contributed by atoms with Crippen molar-refractivity contribution >= 4 is 35.0 Å². The van der Waals surface area contributed by atoms with Crippen LogP contribution in [0.5, 0.6) is 11.5 Å². The van der Waals surface area contributed by atoms with Crippen LogP contribution in [0.2, 0.25) is 10.0 Å². The first-order valence-electron chi connectivity index (χ1n) is 10.2. The Bertz CT molecular complexity index is 892. The van der Waals surface area contributed by atoms with Gasteiger partial charge in [0, 0.05) is 18.1 Å². The van der Waals surface area contributed by atoms with Crippen molar-refractivity contribution in [3.8, 4) is 11.5 Å². The van der Waals surface area contributed by atoms with E-state index in [1.165, 1.54) is 4.90 Å². The molecule has 0 saturated carbocycles. The maximum atomic E-state index is 13.2. The SMILES string of the molecule is CCCNC(=O)[C@H](CC)N(Cc1cccc(OC)c1)C(=O)COc1ccc(Cl)cc1Cl. The number of methoxy groups -OCH3 is 1. The molecule has 2 aromatic rings. The fourth-order valence-electron chi connectivity index (χ4n) is 3.07. The summed E-state index contributed by atoms with van der Waals surface area (Å²) in [5.41, 5.74) is 0.846. The first kappa shape index (κ1) is 24.8. The molecule has 0 aromatic heterocycles. The summed E-state index contributed by atoms with van der Waals surface area (Å²) in [4.78, 5) is 27.4. The highest BCUT2D eigenvalue weighted by atomic mass is 35.5. The Morgan fingerprint density at radius 2 is 1.90 bits per heavy atom. The van der Waals surface area contributed by atoms with Gasteiger partial charge in [0.25, 0.3) is 5.91 Å². The van der Waals surface area contributed by atoms with Gasteiger partial charge in [-0.1, -0.05) is 49.2 Å². The molecule has 0 aliphatic carbocycles. The van der Waals surface area contributed by atoms with Crippen molar-refractivity contribution in [1.82, 2.24) is 10.2 Å². The van der Waals surface area contributed by atoms with E-state index in [1.807, 2.05) is 38.1 Å². The second-order valence-electron chi connectivity index (χ2n) is 6.95. The van der Waals surface area contributed by atoms with E-state index < -0.39 is 6.04 Å². The molecule has 1 atom stereocenters. The maximum Gasteiger partial charge on any atom is 0.261 e. The van der Waals surface area contributed by atoms with Crippen LogP contribution >= 0.6 is 23.2 Å². The van der Waals surface area contributed by atoms with E-state index in [2.05, 4.69) is 5.32 Å². The van der Waals surface area contributed by atoms with E-state index in [0.29, 0.717) is 34.5 Å². The van der Waals surface area contributed by atoms with E-state index >= 15 is 0 Å². The van der Waals surface area contributed by atoms with Crippen molar-refractivity contribution in [2.75, 3.05) is 20.3 Å². The lowest BCUT2D eigenvalue weighted by Gasteiger charge is -2.30. The molecule has 6 nitrogen and oxygen atoms in total. The minimum Gasteiger partial charge on any atom is -0.497 e. The minimum atomic E-state index is -0.630. The summed E-state index contributed by atoms with van der Waals surface area (Å²) in [6.07, 6.45) is 1.27. The van der Waals surface area contributed by atoms with Crippen molar-refractivity contribution in [3.05, 3.63) is 58.1 Å². The monoisotopic (exact) mass is 466 g/mol. The Morgan fingerprint density at radius 3 is 2.55 bits per heavy atom. The predicted molar refractivity (Wildman–Crippen MR) is 123 cm³/mol. The van der Waals surface area contributed by atoms with Crippen LogP contribution in [0.25, 0.3) is 0 Å². The van der Waals surface area contributed by atoms with Gasteiger partial charge in [0.2, 0.25) is 5.91 Å². The number of nitrogens with one attached hydrogen (secondary N) is 1. The molecule has 168 valence electrons. The molecular weight excluding hydrogens is 439 g/mol. The molecule has 0 aliphatic heterocycles. The molecule has 0 saturated heterocycles. The summed E-state index contributed by atoms with van der Waals surface area (Å²) in [6.45, 7) is 4.38. The highest BCUT2D eigenvalue weighted by Gasteiger charge is 2.29. The normalized spacial score (nSPS) is 11.5. The molecule has 1 N–H and O–H groups in total. The predicted octanol–water partition coefficient (Wildman–Crippen LogP) is 4.71. The van der Waals surface area contributed by atoms with Crippen molar-refractivity contribution in [1.29, 1.82) is 0 Å². The van der Waals surface area contributed by atoms with Gasteiger partial charge in [-0.15, -0.1) is 0 Å². The molecule has 2 aromatic carbocycles. The smallest absolute Gasteiger partial charge is 0.261 e. The molecule has 2 amide bonds. The molecule has 0 aliphatic rings. The number of nitrogens with zero attached hydrogens (tertiary/aromatic N) is 1. The zero-order valence-electron chi connectivity index (χ0n) is 18.0. The fourth-order valence-corrected chi connectivity index (χ4v) is 3.53. The third-order valence-corrected chi connectivity index (χ3v) is 5.20. The number of hydrogen-bond donors (Lipinski definition) is 1. The molecule has 31 heavy (non-hydrogen) atoms. The van der Waals surface area contributed by atoms with Crippen LogP contribution in [0.1, 0.15) is 32.3 Å². The van der Waals surface area contributed by atoms with Crippen molar-refractivity contribution in [2.45, 2.75) is 39.3 Å². The number of ether oxygens (including phenoxy) is 2. The molecular formula is C23H28Cl2N2O4. The lowest BCUT2D eigenvalue weighted by molar-refractivity contribution is -0.143. The van der Waals surface area contributed by atoms with Gasteiger partial charge in [-0.3, -0.25) is 9.59 Å². The topological polar surface area (TPSA) is 67.9 Å². The number of carbonyl (C=O) groups excluding carboxylic acids is 2. The quantitative estimate of drug-likeness (QED) is 0.520. The number of amides is 2. The van der Waals surface area contributed by atoms with Gasteiger partial charge in [0.05, 0.1) is 12.1 Å². The zero-order valence-corrected chi connectivity index (χ0v) is 19.5. The standard InChI is InChI=1S/C23H28Cl2N2O4/c1-4-11-26-23(29)20(5-2)27(14-16-7-6-8-18(12-16)30-3)22(28)15-31-21-10-9-17(24)13-19(21)25/h6-10,12-13,20H,4-5,11,14-15H2,1-3H3,(H,26,29)/t20-/m0/s1. The largest absolute Gasteiger partial charge is 0.497 e. The molecule has 0 unspecified atom stereocenters. The third kappa shape index (κ3) is 7.33. The van der Waals surface area contributed by atoms with Crippen LogP contribution in [-0.2, 0) is 16.1 Å². The van der Waals surface area contributed by atoms with Crippen molar-refractivity contribution < 1.29 is 19.1 Å². The third-order valence-electron chi connectivity index (χ3n) is 4.67. The summed E-state index contributed by atoms with van der Waals surface area (Å²) >= 11 is 12.1. The molecule has 0 radical (unpaired) electrons. The van der Waals surface area contributed by atoms with Gasteiger partial charge in [-0.2, -0.15) is 0 Å². The van der Waals surface area contributed by atoms with Crippen LogP contribution < -0.4 is 14.8 Å². The Morgan fingerprint density at radius 1 is 1.13 bits per heavy atom. The van der Waals surface area contributed by atoms with Crippen LogP contribution in [0.4, 0.5) is 0 Å². The number of halogens is 2. The van der Waals surface area contributed by atoms with E-state index in [4.69, 9.17) is 32.7 Å². The molecule has 0 spiro atoms. The summed E-state index contributed by atoms with van der Waals surface area (Å²) < 4.78 is 10.9. The Kier molecular flexibility index (Phi) is 9.95. The van der Waals surface area contributed by atoms with E-state index in [0.717, 1.165) is 12.0 Å². The van der Waals surface area contributed by atoms with E-state index in [1.54, 1.807) is 25.3 Å². The fraction of sp³-hybridized carbons (Fsp3) is 0.391. The lowest BCUT2D eigenvalue weighted by atomic mass is 10.1. The highest BCUT2D eigenvalue weighted by molar-refractivity contribution is 6.35. The summed E-state index contributed by atoms with van der Waals surface area (Å²) in [7, 11) is 1.58. The van der Waals surface area contributed by atoms with Gasteiger partial charge in [-0.05, 0) is 48.7 Å². The van der Waals surface area contributed by atoms with Crippen LogP contribution in [0.3, 0.4) is 0 Å². The molecule has 0 heterocycles. The van der Waals surface area contributed by atoms with E-state index in [9.17, 15) is 9.59 Å². The van der Waals surface area contributed by atoms with Crippen molar-refractivity contribution in [3.63, 3.8) is 0 Å². The molecule has 8 heteroatoms. The van der Waals surface area contributed by atoms with Gasteiger partial charge in [-0.25, -0.2) is 0 Å². The molecule has 0 bridgehead atoms. The van der Waals surface area contributed by atoms with Gasteiger partial charge < -0.3 is 19.7 Å². The highest BCUT2D eigenvalue weighted by Crippen LogP contribution is 2.27. The van der Waals surface area contributed by atoms with Gasteiger partial charge in [0.15, 0.2) is 6.61 Å². The Hall–Kier alpha value is -2.44. The first-order chi connectivity index (χ1) is 14.9. The number of benzene rings is 2. The van der Waals surface area contributed by atoms with Gasteiger partial charge in [0.1, 0.15) is 17.5 Å². The average molecular weight is 467 g/mol. The Balaban J connectivity index is 2.23. The Labute approximate surface area is 193 Å². The van der Waals surface area contributed by atoms with E-state index in [-0.39, 0.29) is 25.0 Å². The molecule has 2 rings (SSSR count). The number of rotatable bonds is 11. The number of hydrogen-bond acceptors (Lipinski definition) is 4. The van der Waals surface area contributed by atoms with Crippen LogP contribution in [0, 0.1) is 0 Å². The minimum absolute atomic E-state index is 0.190.